The molecule has 18 heavy (non-hydrogen) atoms. The van der Waals surface area contributed by atoms with E-state index in [4.69, 9.17) is 21.1 Å². The molecule has 1 heterocycles. The lowest BCUT2D eigenvalue weighted by Gasteiger charge is -2.19. The summed E-state index contributed by atoms with van der Waals surface area (Å²) in [5.41, 5.74) is -0.185. The lowest BCUT2D eigenvalue weighted by molar-refractivity contribution is -0.0173. The molecular weight excluding hydrogens is 256 g/mol. The van der Waals surface area contributed by atoms with Crippen molar-refractivity contribution in [3.8, 4) is 6.01 Å². The van der Waals surface area contributed by atoms with Crippen LogP contribution < -0.4 is 10.1 Å². The van der Waals surface area contributed by atoms with Crippen molar-refractivity contribution in [2.75, 3.05) is 25.1 Å². The Kier molecular flexibility index (Phi) is 5.55. The molecule has 6 nitrogen and oxygen atoms in total. The van der Waals surface area contributed by atoms with Crippen LogP contribution in [0.25, 0.3) is 0 Å². The molecule has 1 N–H and O–H groups in total. The minimum atomic E-state index is -0.185. The molecule has 0 radical (unpaired) electrons. The van der Waals surface area contributed by atoms with Gasteiger partial charge in [-0.05, 0) is 39.3 Å². The van der Waals surface area contributed by atoms with E-state index in [1.807, 2.05) is 27.7 Å². The van der Waals surface area contributed by atoms with Crippen molar-refractivity contribution in [1.82, 2.24) is 15.0 Å². The quantitative estimate of drug-likeness (QED) is 0.802. The molecule has 0 saturated carbocycles. The van der Waals surface area contributed by atoms with Crippen molar-refractivity contribution < 1.29 is 9.47 Å². The lowest BCUT2D eigenvalue weighted by Crippen LogP contribution is -2.22. The highest BCUT2D eigenvalue weighted by atomic mass is 35.5. The summed E-state index contributed by atoms with van der Waals surface area (Å²) in [4.78, 5) is 11.8. The van der Waals surface area contributed by atoms with Gasteiger partial charge < -0.3 is 14.8 Å². The number of halogens is 1. The predicted molar refractivity (Wildman–Crippen MR) is 70.2 cm³/mol. The Labute approximate surface area is 112 Å². The lowest BCUT2D eigenvalue weighted by atomic mass is 10.2. The minimum absolute atomic E-state index is 0.104. The van der Waals surface area contributed by atoms with Crippen LogP contribution in [-0.2, 0) is 4.74 Å². The van der Waals surface area contributed by atoms with E-state index in [1.165, 1.54) is 0 Å². The van der Waals surface area contributed by atoms with Crippen molar-refractivity contribution in [1.29, 1.82) is 0 Å². The fraction of sp³-hybridized carbons (Fsp3) is 0.727. The number of nitrogens with zero attached hydrogens (tertiary/aromatic N) is 3. The van der Waals surface area contributed by atoms with Crippen LogP contribution in [0.5, 0.6) is 6.01 Å². The number of rotatable bonds is 6. The molecule has 0 amide bonds. The van der Waals surface area contributed by atoms with Gasteiger partial charge in [0, 0.05) is 6.54 Å². The molecular formula is C11H19ClN4O2. The third-order valence-electron chi connectivity index (χ3n) is 1.77. The van der Waals surface area contributed by atoms with E-state index in [0.29, 0.717) is 25.7 Å². The van der Waals surface area contributed by atoms with Crippen LogP contribution in [0.4, 0.5) is 5.95 Å². The van der Waals surface area contributed by atoms with Gasteiger partial charge >= 0.3 is 6.01 Å². The van der Waals surface area contributed by atoms with Crippen LogP contribution in [0.1, 0.15) is 27.7 Å². The van der Waals surface area contributed by atoms with Gasteiger partial charge in [0.05, 0.1) is 12.2 Å². The highest BCUT2D eigenvalue weighted by molar-refractivity contribution is 6.28. The molecule has 0 aliphatic heterocycles. The molecule has 0 bridgehead atoms. The summed E-state index contributed by atoms with van der Waals surface area (Å²) >= 11 is 5.76. The monoisotopic (exact) mass is 274 g/mol. The molecule has 0 unspecified atom stereocenters. The topological polar surface area (TPSA) is 69.2 Å². The second-order valence-corrected chi connectivity index (χ2v) is 4.89. The summed E-state index contributed by atoms with van der Waals surface area (Å²) in [5, 5.41) is 3.05. The summed E-state index contributed by atoms with van der Waals surface area (Å²) in [5.74, 6) is 0.407. The zero-order valence-electron chi connectivity index (χ0n) is 11.2. The summed E-state index contributed by atoms with van der Waals surface area (Å²) in [6.07, 6.45) is 0. The predicted octanol–water partition coefficient (Wildman–Crippen LogP) is 2.15. The number of ether oxygens (including phenoxy) is 2. The van der Waals surface area contributed by atoms with Gasteiger partial charge in [-0.15, -0.1) is 0 Å². The maximum absolute atomic E-state index is 5.76. The van der Waals surface area contributed by atoms with Crippen molar-refractivity contribution in [3.05, 3.63) is 5.28 Å². The van der Waals surface area contributed by atoms with Gasteiger partial charge in [-0.1, -0.05) is 0 Å². The third kappa shape index (κ3) is 5.97. The van der Waals surface area contributed by atoms with Crippen LogP contribution >= 0.6 is 11.6 Å². The molecule has 0 fully saturated rings. The maximum Gasteiger partial charge on any atom is 0.322 e. The van der Waals surface area contributed by atoms with Gasteiger partial charge in [0.25, 0.3) is 0 Å². The summed E-state index contributed by atoms with van der Waals surface area (Å²) in [7, 11) is 0. The summed E-state index contributed by atoms with van der Waals surface area (Å²) in [6.45, 7) is 9.41. The fourth-order valence-corrected chi connectivity index (χ4v) is 1.27. The Balaban J connectivity index is 2.46. The molecule has 0 aliphatic carbocycles. The second kappa shape index (κ2) is 6.70. The average Bonchev–Trinajstić information content (AvgIpc) is 2.23. The first-order chi connectivity index (χ1) is 8.40. The molecule has 0 aromatic carbocycles. The SMILES string of the molecule is CCNc1nc(Cl)nc(OCCOC(C)(C)C)n1. The molecule has 102 valence electrons. The Morgan fingerprint density at radius 2 is 1.89 bits per heavy atom. The Morgan fingerprint density at radius 1 is 1.17 bits per heavy atom. The number of aromatic nitrogens is 3. The van der Waals surface area contributed by atoms with Crippen LogP contribution in [0, 0.1) is 0 Å². The van der Waals surface area contributed by atoms with Gasteiger partial charge in [0.15, 0.2) is 0 Å². The van der Waals surface area contributed by atoms with Gasteiger partial charge in [0.1, 0.15) is 6.61 Å². The first-order valence-corrected chi connectivity index (χ1v) is 6.20. The molecule has 1 aromatic heterocycles. The van der Waals surface area contributed by atoms with Crippen molar-refractivity contribution in [2.24, 2.45) is 0 Å². The van der Waals surface area contributed by atoms with E-state index >= 15 is 0 Å². The van der Waals surface area contributed by atoms with E-state index in [-0.39, 0.29) is 16.9 Å². The van der Waals surface area contributed by atoms with Crippen LogP contribution in [0.2, 0.25) is 5.28 Å². The Hall–Kier alpha value is -1.14. The summed E-state index contributed by atoms with van der Waals surface area (Å²) in [6, 6.07) is 0.198. The smallest absolute Gasteiger partial charge is 0.322 e. The minimum Gasteiger partial charge on any atom is -0.461 e. The third-order valence-corrected chi connectivity index (χ3v) is 1.94. The molecule has 0 atom stereocenters. The zero-order chi connectivity index (χ0) is 13.6. The van der Waals surface area contributed by atoms with E-state index in [9.17, 15) is 0 Å². The van der Waals surface area contributed by atoms with Gasteiger partial charge in [-0.25, -0.2) is 0 Å². The van der Waals surface area contributed by atoms with Crippen molar-refractivity contribution >= 4 is 17.5 Å². The molecule has 0 spiro atoms. The van der Waals surface area contributed by atoms with Gasteiger partial charge in [0.2, 0.25) is 11.2 Å². The first-order valence-electron chi connectivity index (χ1n) is 5.83. The Morgan fingerprint density at radius 3 is 2.50 bits per heavy atom. The molecule has 0 aliphatic rings. The normalized spacial score (nSPS) is 11.4. The highest BCUT2D eigenvalue weighted by Crippen LogP contribution is 2.11. The molecule has 1 rings (SSSR count). The Bertz CT molecular complexity index is 382. The van der Waals surface area contributed by atoms with E-state index in [1.54, 1.807) is 0 Å². The first kappa shape index (κ1) is 14.9. The molecule has 0 saturated heterocycles. The fourth-order valence-electron chi connectivity index (χ4n) is 1.11. The van der Waals surface area contributed by atoms with Gasteiger partial charge in [-0.2, -0.15) is 15.0 Å². The average molecular weight is 275 g/mol. The van der Waals surface area contributed by atoms with Crippen LogP contribution in [0.15, 0.2) is 0 Å². The van der Waals surface area contributed by atoms with Crippen LogP contribution in [0.3, 0.4) is 0 Å². The second-order valence-electron chi connectivity index (χ2n) is 4.55. The number of nitrogens with one attached hydrogen (secondary N) is 1. The van der Waals surface area contributed by atoms with Crippen molar-refractivity contribution in [2.45, 2.75) is 33.3 Å². The summed E-state index contributed by atoms with van der Waals surface area (Å²) < 4.78 is 10.9. The zero-order valence-corrected chi connectivity index (χ0v) is 11.9. The maximum atomic E-state index is 5.76. The van der Waals surface area contributed by atoms with Gasteiger partial charge in [-0.3, -0.25) is 0 Å². The van der Waals surface area contributed by atoms with Crippen LogP contribution in [-0.4, -0.2) is 40.3 Å². The number of hydrogen-bond acceptors (Lipinski definition) is 6. The van der Waals surface area contributed by atoms with E-state index < -0.39 is 0 Å². The molecule has 1 aromatic rings. The largest absolute Gasteiger partial charge is 0.461 e. The number of anilines is 1. The van der Waals surface area contributed by atoms with E-state index in [2.05, 4.69) is 20.3 Å². The molecule has 7 heteroatoms. The van der Waals surface area contributed by atoms with Crippen molar-refractivity contribution in [3.63, 3.8) is 0 Å². The highest BCUT2D eigenvalue weighted by Gasteiger charge is 2.10. The van der Waals surface area contributed by atoms with E-state index in [0.717, 1.165) is 0 Å². The standard InChI is InChI=1S/C11H19ClN4O2/c1-5-13-9-14-8(12)15-10(16-9)17-6-7-18-11(2,3)4/h5-7H2,1-4H3,(H,13,14,15,16). The number of hydrogen-bond donors (Lipinski definition) is 1.